The maximum atomic E-state index is 15.4. The molecule has 1 aromatic heterocycles. The zero-order chi connectivity index (χ0) is 21.8. The van der Waals surface area contributed by atoms with E-state index in [0.717, 1.165) is 6.07 Å². The van der Waals surface area contributed by atoms with Crippen LogP contribution < -0.4 is 4.72 Å². The molecule has 1 aromatic rings. The van der Waals surface area contributed by atoms with Gasteiger partial charge >= 0.3 is 11.9 Å². The summed E-state index contributed by atoms with van der Waals surface area (Å²) in [5.74, 6) is -7.29. The van der Waals surface area contributed by atoms with Crippen molar-refractivity contribution in [2.45, 2.75) is 50.3 Å². The summed E-state index contributed by atoms with van der Waals surface area (Å²) in [5, 5.41) is 0. The van der Waals surface area contributed by atoms with Crippen LogP contribution >= 0.6 is 15.9 Å². The molecule has 6 nitrogen and oxygen atoms in total. The third-order valence-electron chi connectivity index (χ3n) is 3.79. The van der Waals surface area contributed by atoms with E-state index in [1.165, 1.54) is 20.1 Å². The molecule has 0 amide bonds. The smallest absolute Gasteiger partial charge is 0.379 e. The fourth-order valence-corrected chi connectivity index (χ4v) is 3.53. The number of pyridine rings is 1. The number of methoxy groups -OCH3 is 1. The minimum absolute atomic E-state index is 0.0636. The Morgan fingerprint density at radius 2 is 1.96 bits per heavy atom. The van der Waals surface area contributed by atoms with Gasteiger partial charge in [-0.25, -0.2) is 14.2 Å². The van der Waals surface area contributed by atoms with E-state index in [1.54, 1.807) is 20.8 Å². The third kappa shape index (κ3) is 5.38. The van der Waals surface area contributed by atoms with Crippen LogP contribution in [-0.2, 0) is 31.2 Å². The van der Waals surface area contributed by atoms with Gasteiger partial charge in [0.05, 0.1) is 6.61 Å². The highest BCUT2D eigenvalue weighted by atomic mass is 79.9. The van der Waals surface area contributed by atoms with Crippen molar-refractivity contribution in [3.8, 4) is 0 Å². The molecule has 0 aliphatic rings. The van der Waals surface area contributed by atoms with Crippen LogP contribution in [0, 0.1) is 5.82 Å². The summed E-state index contributed by atoms with van der Waals surface area (Å²) in [4.78, 5) is 16.0. The van der Waals surface area contributed by atoms with Crippen molar-refractivity contribution in [1.82, 2.24) is 9.71 Å². The summed E-state index contributed by atoms with van der Waals surface area (Å²) in [7, 11) is 1.26. The van der Waals surface area contributed by atoms with E-state index in [0.29, 0.717) is 0 Å². The van der Waals surface area contributed by atoms with Crippen LogP contribution in [0.1, 0.15) is 39.8 Å². The second kappa shape index (κ2) is 9.75. The average Bonchev–Trinajstić information content (AvgIpc) is 2.59. The molecule has 1 N–H and O–H groups in total. The van der Waals surface area contributed by atoms with Crippen molar-refractivity contribution in [3.05, 3.63) is 28.2 Å². The van der Waals surface area contributed by atoms with E-state index >= 15 is 8.78 Å². The van der Waals surface area contributed by atoms with Crippen molar-refractivity contribution in [3.63, 3.8) is 0 Å². The number of hydrogen-bond donors (Lipinski definition) is 1. The largest absolute Gasteiger partial charge is 0.598 e. The Balaban J connectivity index is 3.76. The number of carbonyl (C=O) groups excluding carboxylic acids is 1. The number of hydrogen-bond acceptors (Lipinski definition) is 6. The van der Waals surface area contributed by atoms with Crippen LogP contribution in [0.5, 0.6) is 0 Å². The van der Waals surface area contributed by atoms with Gasteiger partial charge in [0, 0.05) is 31.5 Å². The molecule has 0 spiro atoms. The van der Waals surface area contributed by atoms with Crippen molar-refractivity contribution >= 4 is 33.3 Å². The Hall–Kier alpha value is -0.880. The summed E-state index contributed by atoms with van der Waals surface area (Å²) in [6, 6.07) is 2.15. The lowest BCUT2D eigenvalue weighted by Gasteiger charge is -2.40. The summed E-state index contributed by atoms with van der Waals surface area (Å²) in [6.45, 7) is 5.39. The Morgan fingerprint density at radius 1 is 1.36 bits per heavy atom. The summed E-state index contributed by atoms with van der Waals surface area (Å²) in [6.07, 6.45) is -0.600. The maximum absolute atomic E-state index is 15.4. The second-order valence-electron chi connectivity index (χ2n) is 6.89. The highest BCUT2D eigenvalue weighted by Crippen LogP contribution is 2.43. The Morgan fingerprint density at radius 3 is 2.46 bits per heavy atom. The van der Waals surface area contributed by atoms with Crippen LogP contribution in [0.15, 0.2) is 16.7 Å². The number of nitrogens with one attached hydrogen (secondary N) is 1. The molecule has 0 aliphatic carbocycles. The molecular formula is C17H24BrF3N2O4S. The molecule has 0 aromatic carbocycles. The maximum Gasteiger partial charge on any atom is 0.379 e. The standard InChI is InChI=1S/C17H24BrF3N2O4S/c1-6-27-14(24)17(20,21)16(9-10-26-5,23-28(25)15(2,3)4)13-11(19)7-8-12(18)22-13/h7-8,23H,6,9-10H2,1-5H3/t16?,28-/m0/s1. The lowest BCUT2D eigenvalue weighted by Crippen LogP contribution is -2.64. The molecule has 0 saturated heterocycles. The average molecular weight is 489 g/mol. The number of alkyl halides is 2. The molecule has 2 atom stereocenters. The van der Waals surface area contributed by atoms with Crippen LogP contribution in [0.3, 0.4) is 0 Å². The predicted molar refractivity (Wildman–Crippen MR) is 103 cm³/mol. The van der Waals surface area contributed by atoms with Crippen LogP contribution in [0.2, 0.25) is 0 Å². The number of nitrogens with zero attached hydrogens (tertiary/aromatic N) is 1. The molecule has 11 heteroatoms. The monoisotopic (exact) mass is 488 g/mol. The molecule has 0 aliphatic heterocycles. The second-order valence-corrected chi connectivity index (χ2v) is 9.67. The van der Waals surface area contributed by atoms with Gasteiger partial charge in [0.1, 0.15) is 20.9 Å². The highest BCUT2D eigenvalue weighted by Gasteiger charge is 2.66. The molecule has 1 rings (SSSR count). The fourth-order valence-electron chi connectivity index (χ4n) is 2.27. The normalized spacial score (nSPS) is 15.8. The van der Waals surface area contributed by atoms with Gasteiger partial charge in [-0.1, -0.05) is 0 Å². The number of ether oxygens (including phenoxy) is 2. The minimum atomic E-state index is -4.31. The van der Waals surface area contributed by atoms with Crippen molar-refractivity contribution in [1.29, 1.82) is 0 Å². The quantitative estimate of drug-likeness (QED) is 0.325. The van der Waals surface area contributed by atoms with Crippen LogP contribution in [0.25, 0.3) is 0 Å². The molecular weight excluding hydrogens is 465 g/mol. The highest BCUT2D eigenvalue weighted by molar-refractivity contribution is 9.10. The van der Waals surface area contributed by atoms with E-state index in [2.05, 4.69) is 30.4 Å². The number of aromatic nitrogens is 1. The van der Waals surface area contributed by atoms with Crippen molar-refractivity contribution in [2.24, 2.45) is 0 Å². The van der Waals surface area contributed by atoms with Gasteiger partial charge in [0.15, 0.2) is 5.54 Å². The zero-order valence-corrected chi connectivity index (χ0v) is 18.7. The van der Waals surface area contributed by atoms with Gasteiger partial charge in [-0.3, -0.25) is 0 Å². The number of rotatable bonds is 9. The number of halogens is 4. The molecule has 0 bridgehead atoms. The topological polar surface area (TPSA) is 83.5 Å². The van der Waals surface area contributed by atoms with Crippen LogP contribution in [-0.4, -0.2) is 46.5 Å². The molecule has 0 saturated carbocycles. The molecule has 1 heterocycles. The van der Waals surface area contributed by atoms with Gasteiger partial charge in [0.25, 0.3) is 0 Å². The van der Waals surface area contributed by atoms with Gasteiger partial charge in [-0.05, 0) is 55.8 Å². The molecule has 160 valence electrons. The lowest BCUT2D eigenvalue weighted by molar-refractivity contribution is -0.187. The minimum Gasteiger partial charge on any atom is -0.598 e. The zero-order valence-electron chi connectivity index (χ0n) is 16.3. The predicted octanol–water partition coefficient (Wildman–Crippen LogP) is 3.47. The summed E-state index contributed by atoms with van der Waals surface area (Å²) >= 11 is 0.916. The SMILES string of the molecule is CCOC(=O)C(F)(F)C(CCOC)(N[S@@+]([O-])C(C)(C)C)c1nc(Br)ccc1F. The fraction of sp³-hybridized carbons (Fsp3) is 0.647. The van der Waals surface area contributed by atoms with E-state index in [9.17, 15) is 13.7 Å². The first-order valence-electron chi connectivity index (χ1n) is 8.39. The molecule has 0 fully saturated rings. The Kier molecular flexibility index (Phi) is 8.76. The Bertz CT molecular complexity index is 691. The van der Waals surface area contributed by atoms with Gasteiger partial charge < -0.3 is 14.0 Å². The van der Waals surface area contributed by atoms with Gasteiger partial charge in [-0.2, -0.15) is 8.78 Å². The van der Waals surface area contributed by atoms with Gasteiger partial charge in [-0.15, -0.1) is 4.72 Å². The molecule has 0 radical (unpaired) electrons. The van der Waals surface area contributed by atoms with Crippen molar-refractivity contribution in [2.75, 3.05) is 20.3 Å². The number of carbonyl (C=O) groups is 1. The van der Waals surface area contributed by atoms with Crippen molar-refractivity contribution < 1.29 is 32.0 Å². The van der Waals surface area contributed by atoms with E-state index in [4.69, 9.17) is 4.74 Å². The van der Waals surface area contributed by atoms with Gasteiger partial charge in [0.2, 0.25) is 0 Å². The van der Waals surface area contributed by atoms with E-state index in [1.807, 2.05) is 0 Å². The molecule has 28 heavy (non-hydrogen) atoms. The summed E-state index contributed by atoms with van der Waals surface area (Å²) < 4.78 is 69.1. The molecule has 1 unspecified atom stereocenters. The first kappa shape index (κ1) is 25.2. The Labute approximate surface area is 174 Å². The lowest BCUT2D eigenvalue weighted by atomic mass is 9.84. The van der Waals surface area contributed by atoms with Crippen LogP contribution in [0.4, 0.5) is 13.2 Å². The first-order chi connectivity index (χ1) is 12.8. The van der Waals surface area contributed by atoms with E-state index < -0.39 is 51.5 Å². The van der Waals surface area contributed by atoms with E-state index in [-0.39, 0.29) is 17.8 Å². The third-order valence-corrected chi connectivity index (χ3v) is 5.88. The summed E-state index contributed by atoms with van der Waals surface area (Å²) in [5.41, 5.74) is -3.55. The first-order valence-corrected chi connectivity index (χ1v) is 10.3. The number of esters is 1.